The Bertz CT molecular complexity index is 1290. The third-order valence-corrected chi connectivity index (χ3v) is 7.60. The Kier molecular flexibility index (Phi) is 5.47. The Morgan fingerprint density at radius 3 is 2.88 bits per heavy atom. The molecule has 1 aromatic carbocycles. The average Bonchev–Trinajstić information content (AvgIpc) is 3.45. The SMILES string of the molecule is C[C@@H]1C[C@H](n2c(C3CC(=O)N([C@H]4CCCOC4)C3)nc3cnc4ccc(C#N)cc4c32)CCO1. The van der Waals surface area contributed by atoms with Crippen molar-refractivity contribution >= 4 is 27.8 Å². The first-order chi connectivity index (χ1) is 16.6. The summed E-state index contributed by atoms with van der Waals surface area (Å²) in [6.07, 6.45) is 6.23. The fourth-order valence-electron chi connectivity index (χ4n) is 5.96. The maximum Gasteiger partial charge on any atom is 0.223 e. The summed E-state index contributed by atoms with van der Waals surface area (Å²) in [4.78, 5) is 24.8. The lowest BCUT2D eigenvalue weighted by Gasteiger charge is -2.32. The zero-order valence-electron chi connectivity index (χ0n) is 19.4. The van der Waals surface area contributed by atoms with E-state index in [1.165, 1.54) is 0 Å². The molecule has 34 heavy (non-hydrogen) atoms. The van der Waals surface area contributed by atoms with Gasteiger partial charge < -0.3 is 18.9 Å². The van der Waals surface area contributed by atoms with E-state index in [2.05, 4.69) is 22.5 Å². The molecule has 4 atom stereocenters. The number of nitriles is 1. The van der Waals surface area contributed by atoms with Crippen LogP contribution in [-0.4, -0.2) is 63.9 Å². The molecule has 3 aromatic rings. The summed E-state index contributed by atoms with van der Waals surface area (Å²) in [5.41, 5.74) is 3.30. The Hall–Kier alpha value is -3.02. The second kappa shape index (κ2) is 8.64. The molecule has 3 aliphatic heterocycles. The lowest BCUT2D eigenvalue weighted by Crippen LogP contribution is -2.42. The molecule has 2 aromatic heterocycles. The second-order valence-corrected chi connectivity index (χ2v) is 9.85. The topological polar surface area (TPSA) is 93.3 Å². The first-order valence-electron chi connectivity index (χ1n) is 12.3. The highest BCUT2D eigenvalue weighted by Crippen LogP contribution is 2.39. The standard InChI is InChI=1S/C26H29N5O3/c1-16-9-19(6-8-34-16)31-25-21-10-17(12-27)4-5-22(21)28-13-23(25)29-26(31)18-11-24(32)30(14-18)20-3-2-7-33-15-20/h4-5,10,13,16,18-20H,2-3,6-9,11,14-15H2,1H3/t16-,18?,19-,20+/m1/s1. The van der Waals surface area contributed by atoms with Crippen molar-refractivity contribution in [3.05, 3.63) is 35.8 Å². The Balaban J connectivity index is 1.48. The summed E-state index contributed by atoms with van der Waals surface area (Å²) < 4.78 is 13.9. The molecule has 0 spiro atoms. The number of fused-ring (bicyclic) bond motifs is 3. The molecule has 5 heterocycles. The number of ether oxygens (including phenoxy) is 2. The highest BCUT2D eigenvalue weighted by Gasteiger charge is 2.39. The zero-order chi connectivity index (χ0) is 23.2. The Labute approximate surface area is 198 Å². The Morgan fingerprint density at radius 1 is 1.18 bits per heavy atom. The zero-order valence-corrected chi connectivity index (χ0v) is 19.4. The predicted octanol–water partition coefficient (Wildman–Crippen LogP) is 3.69. The molecule has 8 nitrogen and oxygen atoms in total. The summed E-state index contributed by atoms with van der Waals surface area (Å²) in [5.74, 6) is 1.17. The average molecular weight is 460 g/mol. The third kappa shape index (κ3) is 3.64. The normalized spacial score (nSPS) is 28.0. The van der Waals surface area contributed by atoms with Gasteiger partial charge in [-0.15, -0.1) is 0 Å². The van der Waals surface area contributed by atoms with Gasteiger partial charge in [-0.25, -0.2) is 4.98 Å². The molecular formula is C26H29N5O3. The molecule has 6 rings (SSSR count). The number of nitrogens with zero attached hydrogens (tertiary/aromatic N) is 5. The van der Waals surface area contributed by atoms with E-state index in [0.29, 0.717) is 31.7 Å². The largest absolute Gasteiger partial charge is 0.379 e. The highest BCUT2D eigenvalue weighted by atomic mass is 16.5. The highest BCUT2D eigenvalue weighted by molar-refractivity contribution is 6.03. The number of aromatic nitrogens is 3. The van der Waals surface area contributed by atoms with E-state index >= 15 is 0 Å². The summed E-state index contributed by atoms with van der Waals surface area (Å²) in [6, 6.07) is 8.27. The van der Waals surface area contributed by atoms with Crippen molar-refractivity contribution in [2.45, 2.75) is 63.1 Å². The van der Waals surface area contributed by atoms with E-state index in [0.717, 1.165) is 60.1 Å². The van der Waals surface area contributed by atoms with Gasteiger partial charge in [-0.3, -0.25) is 9.78 Å². The fourth-order valence-corrected chi connectivity index (χ4v) is 5.96. The molecule has 1 unspecified atom stereocenters. The minimum atomic E-state index is 0.0224. The maximum atomic E-state index is 13.1. The smallest absolute Gasteiger partial charge is 0.223 e. The van der Waals surface area contributed by atoms with Crippen LogP contribution in [0.25, 0.3) is 21.9 Å². The van der Waals surface area contributed by atoms with Crippen molar-refractivity contribution in [2.24, 2.45) is 0 Å². The quantitative estimate of drug-likeness (QED) is 0.593. The number of likely N-dealkylation sites (tertiary alicyclic amines) is 1. The molecule has 0 aliphatic carbocycles. The van der Waals surface area contributed by atoms with Crippen LogP contribution >= 0.6 is 0 Å². The van der Waals surface area contributed by atoms with E-state index in [-0.39, 0.29) is 30.0 Å². The number of hydrogen-bond acceptors (Lipinski definition) is 6. The van der Waals surface area contributed by atoms with Crippen molar-refractivity contribution in [1.29, 1.82) is 5.26 Å². The Morgan fingerprint density at radius 2 is 2.09 bits per heavy atom. The molecule has 0 radical (unpaired) electrons. The van der Waals surface area contributed by atoms with Crippen LogP contribution in [-0.2, 0) is 14.3 Å². The molecular weight excluding hydrogens is 430 g/mol. The molecule has 3 saturated heterocycles. The van der Waals surface area contributed by atoms with Crippen molar-refractivity contribution in [1.82, 2.24) is 19.4 Å². The van der Waals surface area contributed by atoms with Gasteiger partial charge in [0, 0.05) is 43.5 Å². The number of benzene rings is 1. The van der Waals surface area contributed by atoms with Gasteiger partial charge in [0.25, 0.3) is 0 Å². The molecule has 3 fully saturated rings. The summed E-state index contributed by atoms with van der Waals surface area (Å²) >= 11 is 0. The first kappa shape index (κ1) is 21.5. The monoisotopic (exact) mass is 459 g/mol. The van der Waals surface area contributed by atoms with Crippen molar-refractivity contribution in [2.75, 3.05) is 26.4 Å². The van der Waals surface area contributed by atoms with Gasteiger partial charge in [0.15, 0.2) is 0 Å². The van der Waals surface area contributed by atoms with Gasteiger partial charge in [0.2, 0.25) is 5.91 Å². The molecule has 3 aliphatic rings. The molecule has 8 heteroatoms. The number of carbonyl (C=O) groups is 1. The van der Waals surface area contributed by atoms with Crippen LogP contribution in [0.4, 0.5) is 0 Å². The van der Waals surface area contributed by atoms with Crippen LogP contribution in [0.5, 0.6) is 0 Å². The van der Waals surface area contributed by atoms with E-state index in [9.17, 15) is 10.1 Å². The number of carbonyl (C=O) groups excluding carboxylic acids is 1. The lowest BCUT2D eigenvalue weighted by atomic mass is 10.0. The fraction of sp³-hybridized carbons (Fsp3) is 0.538. The molecule has 0 bridgehead atoms. The van der Waals surface area contributed by atoms with E-state index in [1.807, 2.05) is 23.2 Å². The molecule has 0 saturated carbocycles. The minimum absolute atomic E-state index is 0.0224. The van der Waals surface area contributed by atoms with Gasteiger partial charge in [0.05, 0.1) is 47.6 Å². The van der Waals surface area contributed by atoms with E-state index in [1.54, 1.807) is 6.07 Å². The van der Waals surface area contributed by atoms with Crippen LogP contribution in [0.3, 0.4) is 0 Å². The number of hydrogen-bond donors (Lipinski definition) is 0. The number of imidazole rings is 1. The van der Waals surface area contributed by atoms with Crippen LogP contribution in [0.2, 0.25) is 0 Å². The minimum Gasteiger partial charge on any atom is -0.379 e. The van der Waals surface area contributed by atoms with E-state index in [4.69, 9.17) is 14.5 Å². The van der Waals surface area contributed by atoms with Gasteiger partial charge in [-0.1, -0.05) is 0 Å². The molecule has 1 amide bonds. The first-order valence-corrected chi connectivity index (χ1v) is 12.3. The van der Waals surface area contributed by atoms with Crippen molar-refractivity contribution in [3.63, 3.8) is 0 Å². The maximum absolute atomic E-state index is 13.1. The molecule has 176 valence electrons. The van der Waals surface area contributed by atoms with Gasteiger partial charge >= 0.3 is 0 Å². The summed E-state index contributed by atoms with van der Waals surface area (Å²) in [7, 11) is 0. The summed E-state index contributed by atoms with van der Waals surface area (Å²) in [5, 5.41) is 10.5. The predicted molar refractivity (Wildman–Crippen MR) is 126 cm³/mol. The number of amides is 1. The second-order valence-electron chi connectivity index (χ2n) is 9.85. The van der Waals surface area contributed by atoms with Crippen LogP contribution in [0.1, 0.15) is 62.4 Å². The van der Waals surface area contributed by atoms with Crippen LogP contribution in [0.15, 0.2) is 24.4 Å². The number of rotatable bonds is 3. The third-order valence-electron chi connectivity index (χ3n) is 7.60. The van der Waals surface area contributed by atoms with Crippen LogP contribution in [0, 0.1) is 11.3 Å². The lowest BCUT2D eigenvalue weighted by molar-refractivity contribution is -0.132. The van der Waals surface area contributed by atoms with Gasteiger partial charge in [-0.2, -0.15) is 5.26 Å². The summed E-state index contributed by atoms with van der Waals surface area (Å²) in [6.45, 7) is 4.89. The number of pyridine rings is 1. The van der Waals surface area contributed by atoms with Crippen molar-refractivity contribution in [3.8, 4) is 6.07 Å². The van der Waals surface area contributed by atoms with Crippen LogP contribution < -0.4 is 0 Å². The van der Waals surface area contributed by atoms with Gasteiger partial charge in [-0.05, 0) is 50.8 Å². The van der Waals surface area contributed by atoms with Gasteiger partial charge in [0.1, 0.15) is 11.3 Å². The van der Waals surface area contributed by atoms with E-state index < -0.39 is 0 Å². The van der Waals surface area contributed by atoms with Crippen molar-refractivity contribution < 1.29 is 14.3 Å². The molecule has 0 N–H and O–H groups in total.